The molecule has 29 heavy (non-hydrogen) atoms. The maximum atomic E-state index is 5.90. The SMILES string of the molecule is CCCOc1cc(C)ccc1CNC(=NC)NCc1ccn(C2CCCC2)n1.I. The molecule has 1 aromatic heterocycles. The van der Waals surface area contributed by atoms with Gasteiger partial charge < -0.3 is 15.4 Å². The van der Waals surface area contributed by atoms with Crippen LogP contribution in [0.2, 0.25) is 0 Å². The number of nitrogens with one attached hydrogen (secondary N) is 2. The first kappa shape index (κ1) is 23.5. The number of aryl methyl sites for hydroxylation is 1. The standard InChI is InChI=1S/C22H33N5O.HI/c1-4-13-28-21-14-17(2)9-10-18(21)15-24-22(23-3)25-16-19-11-12-27(26-19)20-7-5-6-8-20;/h9-12,14,20H,4-8,13,15-16H2,1-3H3,(H2,23,24,25);1H. The predicted octanol–water partition coefficient (Wildman–Crippen LogP) is 4.58. The van der Waals surface area contributed by atoms with Gasteiger partial charge in [0.2, 0.25) is 0 Å². The topological polar surface area (TPSA) is 63.5 Å². The van der Waals surface area contributed by atoms with Gasteiger partial charge in [0, 0.05) is 25.4 Å². The average Bonchev–Trinajstić information content (AvgIpc) is 3.39. The van der Waals surface area contributed by atoms with E-state index in [-0.39, 0.29) is 24.0 Å². The van der Waals surface area contributed by atoms with E-state index < -0.39 is 0 Å². The first-order chi connectivity index (χ1) is 13.7. The Bertz CT molecular complexity index is 783. The van der Waals surface area contributed by atoms with Gasteiger partial charge in [0.25, 0.3) is 0 Å². The third kappa shape index (κ3) is 6.90. The minimum Gasteiger partial charge on any atom is -0.493 e. The second-order valence-corrected chi connectivity index (χ2v) is 7.46. The molecule has 0 atom stereocenters. The van der Waals surface area contributed by atoms with Crippen LogP contribution in [0.15, 0.2) is 35.5 Å². The van der Waals surface area contributed by atoms with Crippen molar-refractivity contribution in [3.05, 3.63) is 47.3 Å². The van der Waals surface area contributed by atoms with Crippen molar-refractivity contribution in [1.29, 1.82) is 0 Å². The molecule has 1 aliphatic rings. The van der Waals surface area contributed by atoms with Crippen LogP contribution in [-0.2, 0) is 13.1 Å². The fourth-order valence-electron chi connectivity index (χ4n) is 3.57. The van der Waals surface area contributed by atoms with Gasteiger partial charge in [0.1, 0.15) is 5.75 Å². The monoisotopic (exact) mass is 511 g/mol. The Kier molecular flexibility index (Phi) is 9.76. The lowest BCUT2D eigenvalue weighted by atomic mass is 10.1. The van der Waals surface area contributed by atoms with E-state index in [4.69, 9.17) is 9.84 Å². The molecule has 1 aliphatic carbocycles. The summed E-state index contributed by atoms with van der Waals surface area (Å²) in [6, 6.07) is 8.99. The third-order valence-corrected chi connectivity index (χ3v) is 5.15. The number of guanidine groups is 1. The molecule has 1 fully saturated rings. The van der Waals surface area contributed by atoms with Crippen LogP contribution in [-0.4, -0.2) is 29.4 Å². The first-order valence-electron chi connectivity index (χ1n) is 10.4. The van der Waals surface area contributed by atoms with Crippen LogP contribution in [0.3, 0.4) is 0 Å². The van der Waals surface area contributed by atoms with Gasteiger partial charge in [-0.1, -0.05) is 31.9 Å². The highest BCUT2D eigenvalue weighted by molar-refractivity contribution is 14.0. The van der Waals surface area contributed by atoms with Gasteiger partial charge in [-0.05, 0) is 43.9 Å². The number of nitrogens with zero attached hydrogens (tertiary/aromatic N) is 3. The molecule has 0 radical (unpaired) electrons. The summed E-state index contributed by atoms with van der Waals surface area (Å²) in [7, 11) is 1.79. The number of benzene rings is 1. The van der Waals surface area contributed by atoms with Crippen LogP contribution in [0.5, 0.6) is 5.75 Å². The Morgan fingerprint density at radius 1 is 1.21 bits per heavy atom. The number of halogens is 1. The number of aliphatic imine (C=N–C) groups is 1. The van der Waals surface area contributed by atoms with Gasteiger partial charge in [-0.3, -0.25) is 9.67 Å². The van der Waals surface area contributed by atoms with Crippen molar-refractivity contribution in [2.45, 2.75) is 65.1 Å². The minimum atomic E-state index is 0. The molecular weight excluding hydrogens is 477 g/mol. The summed E-state index contributed by atoms with van der Waals surface area (Å²) >= 11 is 0. The van der Waals surface area contributed by atoms with Gasteiger partial charge in [-0.15, -0.1) is 24.0 Å². The summed E-state index contributed by atoms with van der Waals surface area (Å²) < 4.78 is 8.03. The van der Waals surface area contributed by atoms with Crippen LogP contribution >= 0.6 is 24.0 Å². The normalized spacial score (nSPS) is 14.5. The van der Waals surface area contributed by atoms with E-state index in [2.05, 4.69) is 64.6 Å². The molecule has 0 saturated heterocycles. The van der Waals surface area contributed by atoms with E-state index in [1.54, 1.807) is 7.05 Å². The summed E-state index contributed by atoms with van der Waals surface area (Å²) in [5.74, 6) is 1.71. The van der Waals surface area contributed by atoms with Gasteiger partial charge in [-0.25, -0.2) is 0 Å². The molecule has 0 spiro atoms. The fraction of sp³-hybridized carbons (Fsp3) is 0.545. The first-order valence-corrected chi connectivity index (χ1v) is 10.4. The second kappa shape index (κ2) is 12.0. The van der Waals surface area contributed by atoms with Gasteiger partial charge >= 0.3 is 0 Å². The molecule has 2 aromatic rings. The maximum absolute atomic E-state index is 5.90. The molecule has 1 aromatic carbocycles. The number of hydrogen-bond acceptors (Lipinski definition) is 3. The Balaban J connectivity index is 0.00000300. The summed E-state index contributed by atoms with van der Waals surface area (Å²) in [6.45, 7) is 6.25. The lowest BCUT2D eigenvalue weighted by Crippen LogP contribution is -2.36. The molecular formula is C22H34IN5O. The largest absolute Gasteiger partial charge is 0.493 e. The van der Waals surface area contributed by atoms with Gasteiger partial charge in [0.15, 0.2) is 5.96 Å². The zero-order valence-electron chi connectivity index (χ0n) is 17.8. The molecule has 2 N–H and O–H groups in total. The fourth-order valence-corrected chi connectivity index (χ4v) is 3.57. The van der Waals surface area contributed by atoms with Gasteiger partial charge in [0.05, 0.1) is 24.9 Å². The van der Waals surface area contributed by atoms with Crippen LogP contribution in [0.25, 0.3) is 0 Å². The van der Waals surface area contributed by atoms with Crippen LogP contribution in [0.4, 0.5) is 0 Å². The zero-order chi connectivity index (χ0) is 19.8. The molecule has 1 saturated carbocycles. The Labute approximate surface area is 191 Å². The van der Waals surface area contributed by atoms with Crippen molar-refractivity contribution in [3.8, 4) is 5.75 Å². The highest BCUT2D eigenvalue weighted by Gasteiger charge is 2.17. The summed E-state index contributed by atoms with van der Waals surface area (Å²) in [5, 5.41) is 11.5. The third-order valence-electron chi connectivity index (χ3n) is 5.15. The number of rotatable bonds is 8. The summed E-state index contributed by atoms with van der Waals surface area (Å²) in [5.41, 5.74) is 3.37. The molecule has 3 rings (SSSR count). The summed E-state index contributed by atoms with van der Waals surface area (Å²) in [4.78, 5) is 4.33. The van der Waals surface area contributed by atoms with Crippen molar-refractivity contribution in [1.82, 2.24) is 20.4 Å². The van der Waals surface area contributed by atoms with Crippen LogP contribution < -0.4 is 15.4 Å². The molecule has 0 unspecified atom stereocenters. The highest BCUT2D eigenvalue weighted by Crippen LogP contribution is 2.28. The predicted molar refractivity (Wildman–Crippen MR) is 129 cm³/mol. The minimum absolute atomic E-state index is 0. The van der Waals surface area contributed by atoms with E-state index in [9.17, 15) is 0 Å². The molecule has 7 heteroatoms. The Morgan fingerprint density at radius 3 is 2.69 bits per heavy atom. The van der Waals surface area contributed by atoms with Crippen molar-refractivity contribution >= 4 is 29.9 Å². The van der Waals surface area contributed by atoms with Crippen molar-refractivity contribution in [3.63, 3.8) is 0 Å². The van der Waals surface area contributed by atoms with Crippen LogP contribution in [0.1, 0.15) is 61.9 Å². The van der Waals surface area contributed by atoms with E-state index in [1.165, 1.54) is 31.2 Å². The number of hydrogen-bond donors (Lipinski definition) is 2. The molecule has 160 valence electrons. The van der Waals surface area contributed by atoms with E-state index >= 15 is 0 Å². The lowest BCUT2D eigenvalue weighted by molar-refractivity contribution is 0.313. The van der Waals surface area contributed by atoms with E-state index in [1.807, 2.05) is 0 Å². The Hall–Kier alpha value is -1.77. The van der Waals surface area contributed by atoms with Gasteiger partial charge in [-0.2, -0.15) is 5.10 Å². The number of ether oxygens (including phenoxy) is 1. The average molecular weight is 511 g/mol. The molecule has 0 aliphatic heterocycles. The Morgan fingerprint density at radius 2 is 1.97 bits per heavy atom. The van der Waals surface area contributed by atoms with Crippen molar-refractivity contribution in [2.75, 3.05) is 13.7 Å². The van der Waals surface area contributed by atoms with Crippen molar-refractivity contribution in [2.24, 2.45) is 4.99 Å². The number of aromatic nitrogens is 2. The second-order valence-electron chi connectivity index (χ2n) is 7.46. The van der Waals surface area contributed by atoms with E-state index in [0.717, 1.165) is 36.0 Å². The molecule has 6 nitrogen and oxygen atoms in total. The maximum Gasteiger partial charge on any atom is 0.191 e. The van der Waals surface area contributed by atoms with E-state index in [0.29, 0.717) is 19.1 Å². The highest BCUT2D eigenvalue weighted by atomic mass is 127. The lowest BCUT2D eigenvalue weighted by Gasteiger charge is -2.15. The quantitative estimate of drug-likeness (QED) is 0.310. The smallest absolute Gasteiger partial charge is 0.191 e. The molecule has 0 amide bonds. The molecule has 1 heterocycles. The summed E-state index contributed by atoms with van der Waals surface area (Å²) in [6.07, 6.45) is 8.23. The zero-order valence-corrected chi connectivity index (χ0v) is 20.1. The van der Waals surface area contributed by atoms with Crippen LogP contribution in [0, 0.1) is 6.92 Å². The van der Waals surface area contributed by atoms with Crippen molar-refractivity contribution < 1.29 is 4.74 Å². The molecule has 0 bridgehead atoms.